The summed E-state index contributed by atoms with van der Waals surface area (Å²) in [6, 6.07) is 0. The fourth-order valence-electron chi connectivity index (χ4n) is 2.79. The van der Waals surface area contributed by atoms with Gasteiger partial charge in [-0.1, -0.05) is 28.1 Å². The number of hydrogen-bond donors (Lipinski definition) is 0. The van der Waals surface area contributed by atoms with E-state index in [0.717, 1.165) is 12.8 Å². The third-order valence-electron chi connectivity index (χ3n) is 3.70. The van der Waals surface area contributed by atoms with Crippen LogP contribution in [0.3, 0.4) is 0 Å². The number of hydrogen-bond acceptors (Lipinski definition) is 2. The summed E-state index contributed by atoms with van der Waals surface area (Å²) < 4.78 is 5.43. The Labute approximate surface area is 85.5 Å². The number of ether oxygens (including phenoxy) is 1. The van der Waals surface area contributed by atoms with E-state index in [-0.39, 0.29) is 12.0 Å². The number of rotatable bonds is 0. The SMILES string of the molecule is C[C@]12C=C[C@H](O1)[C@@H]1CC[C@@]2(Br)C1=O. The molecule has 0 N–H and O–H groups in total. The van der Waals surface area contributed by atoms with Gasteiger partial charge in [-0.25, -0.2) is 0 Å². The van der Waals surface area contributed by atoms with Crippen molar-refractivity contribution < 1.29 is 9.53 Å². The van der Waals surface area contributed by atoms with Crippen molar-refractivity contribution in [3.8, 4) is 0 Å². The molecular formula is C10H11BrO2. The fraction of sp³-hybridized carbons (Fsp3) is 0.700. The summed E-state index contributed by atoms with van der Waals surface area (Å²) in [5, 5.41) is 0. The summed E-state index contributed by atoms with van der Waals surface area (Å²) >= 11 is 3.59. The maximum absolute atomic E-state index is 12.0. The van der Waals surface area contributed by atoms with Gasteiger partial charge in [-0.05, 0) is 19.8 Å². The maximum Gasteiger partial charge on any atom is 0.158 e. The highest BCUT2D eigenvalue weighted by Crippen LogP contribution is 2.56. The number of fused-ring (bicyclic) bond motifs is 6. The number of alkyl halides is 1. The van der Waals surface area contributed by atoms with E-state index in [1.165, 1.54) is 0 Å². The molecule has 0 aromatic heterocycles. The molecule has 0 amide bonds. The van der Waals surface area contributed by atoms with Crippen molar-refractivity contribution in [1.29, 1.82) is 0 Å². The zero-order valence-electron chi connectivity index (χ0n) is 7.42. The van der Waals surface area contributed by atoms with Crippen molar-refractivity contribution in [2.24, 2.45) is 5.92 Å². The maximum atomic E-state index is 12.0. The molecular weight excluding hydrogens is 232 g/mol. The van der Waals surface area contributed by atoms with Gasteiger partial charge in [0.1, 0.15) is 9.93 Å². The summed E-state index contributed by atoms with van der Waals surface area (Å²) in [5.41, 5.74) is -0.401. The number of ketones is 1. The van der Waals surface area contributed by atoms with Gasteiger partial charge in [0, 0.05) is 5.92 Å². The second-order valence-electron chi connectivity index (χ2n) is 4.36. The molecule has 0 aromatic carbocycles. The lowest BCUT2D eigenvalue weighted by Crippen LogP contribution is -2.55. The van der Waals surface area contributed by atoms with Crippen LogP contribution in [0.1, 0.15) is 19.8 Å². The first-order valence-electron chi connectivity index (χ1n) is 4.67. The third kappa shape index (κ3) is 0.724. The molecule has 3 rings (SSSR count). The topological polar surface area (TPSA) is 26.3 Å². The van der Waals surface area contributed by atoms with Gasteiger partial charge in [-0.15, -0.1) is 0 Å². The average molecular weight is 243 g/mol. The number of Topliss-reactive ketones (excluding diaryl/α,β-unsaturated/α-hetero) is 1. The molecule has 4 atom stereocenters. The van der Waals surface area contributed by atoms with Crippen LogP contribution in [-0.4, -0.2) is 21.8 Å². The second-order valence-corrected chi connectivity index (χ2v) is 5.71. The molecule has 4 bridgehead atoms. The summed E-state index contributed by atoms with van der Waals surface area (Å²) in [7, 11) is 0. The van der Waals surface area contributed by atoms with E-state index in [1.54, 1.807) is 0 Å². The van der Waals surface area contributed by atoms with E-state index in [0.29, 0.717) is 5.78 Å². The Hall–Kier alpha value is -0.150. The number of halogens is 1. The lowest BCUT2D eigenvalue weighted by Gasteiger charge is -2.41. The molecule has 0 aromatic rings. The highest BCUT2D eigenvalue weighted by atomic mass is 79.9. The molecule has 0 radical (unpaired) electrons. The first-order valence-corrected chi connectivity index (χ1v) is 5.47. The largest absolute Gasteiger partial charge is 0.361 e. The normalized spacial score (nSPS) is 57.5. The Morgan fingerprint density at radius 1 is 1.69 bits per heavy atom. The van der Waals surface area contributed by atoms with Gasteiger partial charge in [0.05, 0.1) is 6.10 Å². The van der Waals surface area contributed by atoms with Crippen LogP contribution in [0.4, 0.5) is 0 Å². The van der Waals surface area contributed by atoms with E-state index in [1.807, 2.05) is 19.1 Å². The number of carbonyl (C=O) groups excluding carboxylic acids is 1. The molecule has 0 unspecified atom stereocenters. The third-order valence-corrected chi connectivity index (χ3v) is 5.27. The monoisotopic (exact) mass is 242 g/mol. The Morgan fingerprint density at radius 3 is 3.23 bits per heavy atom. The Bertz CT molecular complexity index is 325. The molecule has 2 aliphatic heterocycles. The van der Waals surface area contributed by atoms with Crippen LogP contribution >= 0.6 is 15.9 Å². The summed E-state index contributed by atoms with van der Waals surface area (Å²) in [6.07, 6.45) is 6.02. The standard InChI is InChI=1S/C10H11BrO2/c1-9-4-3-7(13-9)6-2-5-10(9,11)8(6)12/h3-4,6-7H,2,5H2,1H3/t6-,7-,9+,10+/m0/s1. The second kappa shape index (κ2) is 2.09. The van der Waals surface area contributed by atoms with Crippen molar-refractivity contribution in [3.63, 3.8) is 0 Å². The van der Waals surface area contributed by atoms with Crippen molar-refractivity contribution >= 4 is 21.7 Å². The first kappa shape index (κ1) is 8.18. The van der Waals surface area contributed by atoms with E-state index in [9.17, 15) is 4.79 Å². The zero-order chi connectivity index (χ0) is 9.27. The zero-order valence-corrected chi connectivity index (χ0v) is 9.00. The predicted molar refractivity (Wildman–Crippen MR) is 51.8 cm³/mol. The van der Waals surface area contributed by atoms with Gasteiger partial charge in [0.25, 0.3) is 0 Å². The van der Waals surface area contributed by atoms with Gasteiger partial charge in [-0.2, -0.15) is 0 Å². The minimum Gasteiger partial charge on any atom is -0.361 e. The van der Waals surface area contributed by atoms with Gasteiger partial charge < -0.3 is 4.74 Å². The van der Waals surface area contributed by atoms with Gasteiger partial charge >= 0.3 is 0 Å². The molecule has 3 aliphatic rings. The molecule has 2 fully saturated rings. The minimum atomic E-state index is -0.436. The molecule has 3 heteroatoms. The molecule has 70 valence electrons. The van der Waals surface area contributed by atoms with Crippen molar-refractivity contribution in [1.82, 2.24) is 0 Å². The highest BCUT2D eigenvalue weighted by molar-refractivity contribution is 9.10. The van der Waals surface area contributed by atoms with Crippen LogP contribution < -0.4 is 0 Å². The van der Waals surface area contributed by atoms with Crippen LogP contribution in [0, 0.1) is 5.92 Å². The summed E-state index contributed by atoms with van der Waals surface area (Å²) in [5.74, 6) is 0.447. The molecule has 1 aliphatic carbocycles. The van der Waals surface area contributed by atoms with Crippen molar-refractivity contribution in [2.45, 2.75) is 35.8 Å². The first-order chi connectivity index (χ1) is 6.07. The van der Waals surface area contributed by atoms with E-state index < -0.39 is 9.93 Å². The van der Waals surface area contributed by atoms with Crippen LogP contribution in [0.2, 0.25) is 0 Å². The summed E-state index contributed by atoms with van der Waals surface area (Å²) in [4.78, 5) is 12.0. The predicted octanol–water partition coefficient (Wildman–Crippen LogP) is 1.83. The minimum absolute atomic E-state index is 0.0469. The lowest BCUT2D eigenvalue weighted by atomic mass is 9.85. The van der Waals surface area contributed by atoms with Crippen molar-refractivity contribution in [3.05, 3.63) is 12.2 Å². The number of carbonyl (C=O) groups is 1. The molecule has 1 saturated heterocycles. The molecule has 13 heavy (non-hydrogen) atoms. The summed E-state index contributed by atoms with van der Waals surface area (Å²) in [6.45, 7) is 2.00. The molecule has 0 spiro atoms. The van der Waals surface area contributed by atoms with Gasteiger partial charge in [-0.3, -0.25) is 4.79 Å². The van der Waals surface area contributed by atoms with Gasteiger partial charge in [0.15, 0.2) is 5.78 Å². The van der Waals surface area contributed by atoms with Crippen LogP contribution in [-0.2, 0) is 9.53 Å². The lowest BCUT2D eigenvalue weighted by molar-refractivity contribution is -0.144. The van der Waals surface area contributed by atoms with E-state index in [2.05, 4.69) is 15.9 Å². The van der Waals surface area contributed by atoms with E-state index in [4.69, 9.17) is 4.74 Å². The molecule has 2 heterocycles. The van der Waals surface area contributed by atoms with Crippen LogP contribution in [0.25, 0.3) is 0 Å². The van der Waals surface area contributed by atoms with Crippen LogP contribution in [0.5, 0.6) is 0 Å². The Morgan fingerprint density at radius 2 is 2.46 bits per heavy atom. The van der Waals surface area contributed by atoms with Crippen molar-refractivity contribution in [2.75, 3.05) is 0 Å². The van der Waals surface area contributed by atoms with Crippen LogP contribution in [0.15, 0.2) is 12.2 Å². The average Bonchev–Trinajstić information content (AvgIpc) is 2.54. The quantitative estimate of drug-likeness (QED) is 0.479. The van der Waals surface area contributed by atoms with E-state index >= 15 is 0 Å². The molecule has 2 nitrogen and oxygen atoms in total. The fourth-order valence-corrected chi connectivity index (χ4v) is 3.54. The van der Waals surface area contributed by atoms with Gasteiger partial charge in [0.2, 0.25) is 0 Å². The smallest absolute Gasteiger partial charge is 0.158 e. The Balaban J connectivity index is 2.20. The highest BCUT2D eigenvalue weighted by Gasteiger charge is 2.65. The Kier molecular flexibility index (Phi) is 1.31. The molecule has 1 saturated carbocycles.